The van der Waals surface area contributed by atoms with Gasteiger partial charge < -0.3 is 9.88 Å². The van der Waals surface area contributed by atoms with Crippen LogP contribution >= 0.6 is 15.9 Å². The van der Waals surface area contributed by atoms with Gasteiger partial charge in [0, 0.05) is 24.5 Å². The molecule has 0 spiro atoms. The Morgan fingerprint density at radius 1 is 1.33 bits per heavy atom. The Morgan fingerprint density at radius 2 is 2.05 bits per heavy atom. The molecule has 0 saturated carbocycles. The molecule has 116 valence electrons. The third-order valence-electron chi connectivity index (χ3n) is 3.35. The normalized spacial score (nSPS) is 12.1. The Labute approximate surface area is 134 Å². The van der Waals surface area contributed by atoms with E-state index < -0.39 is 0 Å². The van der Waals surface area contributed by atoms with Crippen LogP contribution in [0.4, 0.5) is 0 Å². The minimum atomic E-state index is 0.0825. The van der Waals surface area contributed by atoms with Gasteiger partial charge in [0.15, 0.2) is 0 Å². The van der Waals surface area contributed by atoms with Crippen molar-refractivity contribution in [3.8, 4) is 0 Å². The van der Waals surface area contributed by atoms with Crippen LogP contribution in [0, 0.1) is 6.92 Å². The first-order valence-corrected chi connectivity index (χ1v) is 8.08. The Morgan fingerprint density at radius 3 is 2.67 bits per heavy atom. The van der Waals surface area contributed by atoms with Crippen molar-refractivity contribution in [2.24, 2.45) is 0 Å². The van der Waals surface area contributed by atoms with Crippen molar-refractivity contribution in [2.45, 2.75) is 59.8 Å². The van der Waals surface area contributed by atoms with Gasteiger partial charge in [0.05, 0.1) is 29.0 Å². The summed E-state index contributed by atoms with van der Waals surface area (Å²) in [6.45, 7) is 13.0. The molecule has 21 heavy (non-hydrogen) atoms. The quantitative estimate of drug-likeness (QED) is 0.898. The maximum Gasteiger partial charge on any atom is 0.123 e. The predicted molar refractivity (Wildman–Crippen MR) is 88.3 cm³/mol. The van der Waals surface area contributed by atoms with Gasteiger partial charge in [0.2, 0.25) is 0 Å². The number of hydrogen-bond donors (Lipinski definition) is 1. The van der Waals surface area contributed by atoms with Crippen LogP contribution in [0.25, 0.3) is 0 Å². The number of halogens is 1. The van der Waals surface area contributed by atoms with Crippen molar-refractivity contribution < 1.29 is 0 Å². The maximum absolute atomic E-state index is 4.54. The Balaban J connectivity index is 2.19. The fraction of sp³-hybridized carbons (Fsp3) is 0.600. The molecule has 5 nitrogen and oxygen atoms in total. The van der Waals surface area contributed by atoms with Gasteiger partial charge in [-0.15, -0.1) is 0 Å². The first kappa shape index (κ1) is 16.2. The van der Waals surface area contributed by atoms with Gasteiger partial charge in [-0.05, 0) is 50.5 Å². The maximum atomic E-state index is 4.54. The summed E-state index contributed by atoms with van der Waals surface area (Å²) in [7, 11) is 0. The highest BCUT2D eigenvalue weighted by atomic mass is 79.9. The van der Waals surface area contributed by atoms with Gasteiger partial charge in [-0.3, -0.25) is 4.68 Å². The molecule has 2 aromatic heterocycles. The number of imidazole rings is 1. The third-order valence-corrected chi connectivity index (χ3v) is 4.38. The number of nitrogens with zero attached hydrogens (tertiary/aromatic N) is 4. The summed E-state index contributed by atoms with van der Waals surface area (Å²) < 4.78 is 5.31. The van der Waals surface area contributed by atoms with Crippen LogP contribution in [0.2, 0.25) is 0 Å². The van der Waals surface area contributed by atoms with Crippen LogP contribution in [0.15, 0.2) is 16.9 Å². The van der Waals surface area contributed by atoms with Crippen LogP contribution in [0.5, 0.6) is 0 Å². The molecule has 2 rings (SSSR count). The van der Waals surface area contributed by atoms with Crippen molar-refractivity contribution in [1.82, 2.24) is 24.6 Å². The number of nitrogens with one attached hydrogen (secondary N) is 1. The molecule has 0 amide bonds. The SMILES string of the molecule is CCn1nc(C)c(Br)c1Cn1ccnc1CNC(C)(C)C. The standard InChI is InChI=1S/C15H24BrN5/c1-6-21-12(14(16)11(2)19-21)10-20-8-7-17-13(20)9-18-15(3,4)5/h7-8,18H,6,9-10H2,1-5H3. The number of aryl methyl sites for hydroxylation is 2. The zero-order valence-electron chi connectivity index (χ0n) is 13.4. The molecule has 0 saturated heterocycles. The first-order chi connectivity index (χ1) is 9.81. The molecule has 2 aromatic rings. The summed E-state index contributed by atoms with van der Waals surface area (Å²) in [5, 5.41) is 8.03. The molecular formula is C15H24BrN5. The first-order valence-electron chi connectivity index (χ1n) is 7.28. The number of hydrogen-bond acceptors (Lipinski definition) is 3. The highest BCUT2D eigenvalue weighted by molar-refractivity contribution is 9.10. The van der Waals surface area contributed by atoms with Crippen LogP contribution < -0.4 is 5.32 Å². The van der Waals surface area contributed by atoms with Gasteiger partial charge in [-0.1, -0.05) is 0 Å². The summed E-state index contributed by atoms with van der Waals surface area (Å²) in [4.78, 5) is 4.46. The van der Waals surface area contributed by atoms with Crippen molar-refractivity contribution >= 4 is 15.9 Å². The average molecular weight is 354 g/mol. The molecule has 0 bridgehead atoms. The molecule has 0 aromatic carbocycles. The summed E-state index contributed by atoms with van der Waals surface area (Å²) in [5.41, 5.74) is 2.30. The molecule has 0 aliphatic rings. The third kappa shape index (κ3) is 3.95. The number of aromatic nitrogens is 4. The number of rotatable bonds is 5. The van der Waals surface area contributed by atoms with E-state index in [-0.39, 0.29) is 5.54 Å². The topological polar surface area (TPSA) is 47.7 Å². The molecule has 2 heterocycles. The minimum absolute atomic E-state index is 0.0825. The van der Waals surface area contributed by atoms with Gasteiger partial charge in [-0.25, -0.2) is 4.98 Å². The van der Waals surface area contributed by atoms with Crippen LogP contribution in [0.1, 0.15) is 44.9 Å². The second-order valence-electron chi connectivity index (χ2n) is 6.24. The molecule has 1 N–H and O–H groups in total. The van der Waals surface area contributed by atoms with Crippen LogP contribution in [-0.4, -0.2) is 24.9 Å². The fourth-order valence-electron chi connectivity index (χ4n) is 2.18. The Kier molecular flexibility index (Phi) is 4.88. The van der Waals surface area contributed by atoms with Gasteiger partial charge in [0.25, 0.3) is 0 Å². The fourth-order valence-corrected chi connectivity index (χ4v) is 2.59. The lowest BCUT2D eigenvalue weighted by Gasteiger charge is -2.20. The van der Waals surface area contributed by atoms with Crippen LogP contribution in [0.3, 0.4) is 0 Å². The Hall–Kier alpha value is -1.14. The summed E-state index contributed by atoms with van der Waals surface area (Å²) in [5.74, 6) is 1.04. The van der Waals surface area contributed by atoms with E-state index in [0.29, 0.717) is 0 Å². The van der Waals surface area contributed by atoms with E-state index >= 15 is 0 Å². The van der Waals surface area contributed by atoms with E-state index in [1.165, 1.54) is 5.69 Å². The van der Waals surface area contributed by atoms with Gasteiger partial charge in [-0.2, -0.15) is 5.10 Å². The lowest BCUT2D eigenvalue weighted by molar-refractivity contribution is 0.412. The highest BCUT2D eigenvalue weighted by Gasteiger charge is 2.15. The van der Waals surface area contributed by atoms with Gasteiger partial charge in [0.1, 0.15) is 5.82 Å². The average Bonchev–Trinajstić information content (AvgIpc) is 2.95. The molecule has 6 heteroatoms. The van der Waals surface area contributed by atoms with E-state index in [1.807, 2.05) is 24.0 Å². The van der Waals surface area contributed by atoms with E-state index in [4.69, 9.17) is 0 Å². The summed E-state index contributed by atoms with van der Waals surface area (Å²) in [6.07, 6.45) is 3.88. The molecule has 0 fully saturated rings. The second-order valence-corrected chi connectivity index (χ2v) is 7.03. The van der Waals surface area contributed by atoms with E-state index in [0.717, 1.165) is 35.6 Å². The van der Waals surface area contributed by atoms with Crippen LogP contribution in [-0.2, 0) is 19.6 Å². The largest absolute Gasteiger partial charge is 0.328 e. The molecule has 0 aliphatic carbocycles. The monoisotopic (exact) mass is 353 g/mol. The second kappa shape index (κ2) is 6.32. The summed E-state index contributed by atoms with van der Waals surface area (Å²) in [6, 6.07) is 0. The van der Waals surface area contributed by atoms with Crippen molar-refractivity contribution in [3.63, 3.8) is 0 Å². The van der Waals surface area contributed by atoms with Gasteiger partial charge >= 0.3 is 0 Å². The van der Waals surface area contributed by atoms with Crippen molar-refractivity contribution in [2.75, 3.05) is 0 Å². The smallest absolute Gasteiger partial charge is 0.123 e. The predicted octanol–water partition coefficient (Wildman–Crippen LogP) is 3.11. The zero-order valence-corrected chi connectivity index (χ0v) is 15.0. The highest BCUT2D eigenvalue weighted by Crippen LogP contribution is 2.22. The zero-order chi connectivity index (χ0) is 15.6. The minimum Gasteiger partial charge on any atom is -0.328 e. The van der Waals surface area contributed by atoms with E-state index in [9.17, 15) is 0 Å². The molecular weight excluding hydrogens is 330 g/mol. The van der Waals surface area contributed by atoms with Crippen molar-refractivity contribution in [3.05, 3.63) is 34.1 Å². The van der Waals surface area contributed by atoms with E-state index in [2.05, 4.69) is 63.6 Å². The van der Waals surface area contributed by atoms with E-state index in [1.54, 1.807) is 0 Å². The Bertz CT molecular complexity index is 606. The molecule has 0 radical (unpaired) electrons. The van der Waals surface area contributed by atoms with Crippen molar-refractivity contribution in [1.29, 1.82) is 0 Å². The lowest BCUT2D eigenvalue weighted by Crippen LogP contribution is -2.36. The molecule has 0 aliphatic heterocycles. The lowest BCUT2D eigenvalue weighted by atomic mass is 10.1. The molecule has 0 unspecified atom stereocenters. The summed E-state index contributed by atoms with van der Waals surface area (Å²) >= 11 is 3.65. The molecule has 0 atom stereocenters.